The van der Waals surface area contributed by atoms with Crippen molar-refractivity contribution in [1.29, 1.82) is 0 Å². The van der Waals surface area contributed by atoms with Gasteiger partial charge in [-0.25, -0.2) is 4.98 Å². The van der Waals surface area contributed by atoms with Gasteiger partial charge in [0.05, 0.1) is 23.3 Å². The quantitative estimate of drug-likeness (QED) is 0.484. The molecule has 3 aromatic heterocycles. The highest BCUT2D eigenvalue weighted by atomic mass is 32.2. The molecule has 11 heteroatoms. The van der Waals surface area contributed by atoms with Crippen LogP contribution >= 0.6 is 0 Å². The van der Waals surface area contributed by atoms with Gasteiger partial charge in [0, 0.05) is 11.8 Å². The Morgan fingerprint density at radius 1 is 1.16 bits per heavy atom. The highest BCUT2D eigenvalue weighted by Crippen LogP contribution is 2.32. The SMILES string of the molecule is Cc1noc(C)c1Cn1c(=O)c(C2=NS(=O)(=O)c3ccccc3N2)c(O)c2cccnc21. The number of nitrogens with zero attached hydrogens (tertiary/aromatic N) is 4. The summed E-state index contributed by atoms with van der Waals surface area (Å²) in [6.45, 7) is 3.55. The molecule has 1 aromatic carbocycles. The summed E-state index contributed by atoms with van der Waals surface area (Å²) in [5, 5.41) is 18.0. The van der Waals surface area contributed by atoms with E-state index in [0.29, 0.717) is 17.0 Å². The minimum atomic E-state index is -4.08. The molecule has 4 aromatic rings. The molecule has 0 saturated heterocycles. The number of amidine groups is 1. The second-order valence-electron chi connectivity index (χ2n) is 7.33. The van der Waals surface area contributed by atoms with E-state index in [2.05, 4.69) is 19.9 Å². The third-order valence-corrected chi connectivity index (χ3v) is 6.69. The Hall–Kier alpha value is -3.99. The molecule has 0 aliphatic carbocycles. The Bertz CT molecular complexity index is 1580. The summed E-state index contributed by atoms with van der Waals surface area (Å²) in [5.74, 6) is -0.129. The van der Waals surface area contributed by atoms with E-state index in [1.54, 1.807) is 44.2 Å². The number of aryl methyl sites for hydroxylation is 2. The van der Waals surface area contributed by atoms with Crippen LogP contribution in [0.5, 0.6) is 5.75 Å². The number of rotatable bonds is 3. The van der Waals surface area contributed by atoms with E-state index in [-0.39, 0.29) is 39.6 Å². The van der Waals surface area contributed by atoms with Crippen molar-refractivity contribution in [3.63, 3.8) is 0 Å². The second kappa shape index (κ2) is 7.02. The average Bonchev–Trinajstić information content (AvgIpc) is 3.08. The molecule has 1 aliphatic heterocycles. The van der Waals surface area contributed by atoms with Gasteiger partial charge in [-0.3, -0.25) is 9.36 Å². The van der Waals surface area contributed by atoms with Gasteiger partial charge in [0.15, 0.2) is 5.84 Å². The molecular formula is C21H17N5O5S. The Labute approximate surface area is 181 Å². The Kier molecular flexibility index (Phi) is 4.38. The predicted molar refractivity (Wildman–Crippen MR) is 117 cm³/mol. The van der Waals surface area contributed by atoms with Crippen molar-refractivity contribution in [2.24, 2.45) is 4.40 Å². The maximum Gasteiger partial charge on any atom is 0.286 e. The van der Waals surface area contributed by atoms with E-state index in [0.717, 1.165) is 0 Å². The van der Waals surface area contributed by atoms with E-state index in [9.17, 15) is 18.3 Å². The maximum absolute atomic E-state index is 13.6. The normalized spacial score (nSPS) is 14.6. The number of aromatic hydroxyl groups is 1. The molecule has 4 heterocycles. The Morgan fingerprint density at radius 2 is 1.94 bits per heavy atom. The van der Waals surface area contributed by atoms with Crippen molar-refractivity contribution in [3.8, 4) is 5.75 Å². The molecule has 0 bridgehead atoms. The molecule has 10 nitrogen and oxygen atoms in total. The number of benzene rings is 1. The molecule has 5 rings (SSSR count). The van der Waals surface area contributed by atoms with Gasteiger partial charge in [0.25, 0.3) is 15.6 Å². The first kappa shape index (κ1) is 19.9. The van der Waals surface area contributed by atoms with Crippen LogP contribution in [0.2, 0.25) is 0 Å². The maximum atomic E-state index is 13.6. The Balaban J connectivity index is 1.79. The molecular weight excluding hydrogens is 434 g/mol. The van der Waals surface area contributed by atoms with Gasteiger partial charge in [-0.2, -0.15) is 8.42 Å². The van der Waals surface area contributed by atoms with Crippen LogP contribution in [0.3, 0.4) is 0 Å². The van der Waals surface area contributed by atoms with Crippen molar-refractivity contribution < 1.29 is 18.0 Å². The van der Waals surface area contributed by atoms with Gasteiger partial charge in [0.2, 0.25) is 0 Å². The van der Waals surface area contributed by atoms with E-state index in [1.165, 1.54) is 16.8 Å². The molecule has 32 heavy (non-hydrogen) atoms. The summed E-state index contributed by atoms with van der Waals surface area (Å²) in [5.41, 5.74) is 0.869. The number of hydrogen-bond donors (Lipinski definition) is 2. The monoisotopic (exact) mass is 451 g/mol. The molecule has 2 N–H and O–H groups in total. The summed E-state index contributed by atoms with van der Waals surface area (Å²) >= 11 is 0. The van der Waals surface area contributed by atoms with Gasteiger partial charge < -0.3 is 14.9 Å². The molecule has 0 unspecified atom stereocenters. The number of nitrogens with one attached hydrogen (secondary N) is 1. The van der Waals surface area contributed by atoms with Crippen molar-refractivity contribution in [3.05, 3.63) is 75.5 Å². The van der Waals surface area contributed by atoms with E-state index >= 15 is 0 Å². The van der Waals surface area contributed by atoms with Crippen molar-refractivity contribution in [2.75, 3.05) is 5.32 Å². The lowest BCUT2D eigenvalue weighted by Crippen LogP contribution is -2.33. The van der Waals surface area contributed by atoms with Gasteiger partial charge in [-0.1, -0.05) is 17.3 Å². The van der Waals surface area contributed by atoms with Crippen LogP contribution in [0.25, 0.3) is 11.0 Å². The third-order valence-electron chi connectivity index (χ3n) is 5.36. The summed E-state index contributed by atoms with van der Waals surface area (Å²) in [6, 6.07) is 9.41. The van der Waals surface area contributed by atoms with Crippen LogP contribution in [-0.2, 0) is 16.6 Å². The molecule has 162 valence electrons. The van der Waals surface area contributed by atoms with E-state index in [1.807, 2.05) is 0 Å². The van der Waals surface area contributed by atoms with E-state index < -0.39 is 21.3 Å². The number of hydrogen-bond acceptors (Lipinski definition) is 8. The third kappa shape index (κ3) is 2.97. The molecule has 0 radical (unpaired) electrons. The summed E-state index contributed by atoms with van der Waals surface area (Å²) in [6.07, 6.45) is 1.50. The van der Waals surface area contributed by atoms with Gasteiger partial charge in [-0.15, -0.1) is 4.40 Å². The van der Waals surface area contributed by atoms with Crippen LogP contribution < -0.4 is 10.9 Å². The van der Waals surface area contributed by atoms with Crippen molar-refractivity contribution in [2.45, 2.75) is 25.3 Å². The zero-order valence-corrected chi connectivity index (χ0v) is 17.8. The molecule has 0 saturated carbocycles. The first-order valence-corrected chi connectivity index (χ1v) is 11.1. The predicted octanol–water partition coefficient (Wildman–Crippen LogP) is 2.32. The molecule has 1 aliphatic rings. The first-order chi connectivity index (χ1) is 15.3. The number of aromatic nitrogens is 3. The minimum absolute atomic E-state index is 0.0123. The average molecular weight is 451 g/mol. The lowest BCUT2D eigenvalue weighted by atomic mass is 10.1. The zero-order chi connectivity index (χ0) is 22.6. The second-order valence-corrected chi connectivity index (χ2v) is 8.90. The molecule has 0 amide bonds. The highest BCUT2D eigenvalue weighted by Gasteiger charge is 2.30. The van der Waals surface area contributed by atoms with Gasteiger partial charge >= 0.3 is 0 Å². The standard InChI is InChI=1S/C21H17N5O5S/c1-11-14(12(2)31-24-11)10-26-20-13(6-5-9-22-20)18(27)17(21(26)28)19-23-15-7-3-4-8-16(15)32(29,30)25-19/h3-9,27H,10H2,1-2H3,(H,23,25). The number of pyridine rings is 2. The minimum Gasteiger partial charge on any atom is -0.506 e. The lowest BCUT2D eigenvalue weighted by Gasteiger charge is -2.20. The fraction of sp³-hybridized carbons (Fsp3) is 0.143. The summed E-state index contributed by atoms with van der Waals surface area (Å²) in [4.78, 5) is 17.8. The summed E-state index contributed by atoms with van der Waals surface area (Å²) in [7, 11) is -4.08. The topological polar surface area (TPSA) is 140 Å². The fourth-order valence-electron chi connectivity index (χ4n) is 3.73. The Morgan fingerprint density at radius 3 is 2.69 bits per heavy atom. The van der Waals surface area contributed by atoms with Gasteiger partial charge in [0.1, 0.15) is 27.6 Å². The smallest absolute Gasteiger partial charge is 0.286 e. The van der Waals surface area contributed by atoms with Gasteiger partial charge in [-0.05, 0) is 38.1 Å². The summed E-state index contributed by atoms with van der Waals surface area (Å²) < 4.78 is 35.8. The van der Waals surface area contributed by atoms with Crippen molar-refractivity contribution in [1.82, 2.24) is 14.7 Å². The molecule has 0 fully saturated rings. The van der Waals surface area contributed by atoms with Crippen LogP contribution in [0.15, 0.2) is 61.2 Å². The highest BCUT2D eigenvalue weighted by molar-refractivity contribution is 7.90. The van der Waals surface area contributed by atoms with Crippen LogP contribution in [-0.4, -0.2) is 34.1 Å². The zero-order valence-electron chi connectivity index (χ0n) is 17.0. The fourth-order valence-corrected chi connectivity index (χ4v) is 4.86. The van der Waals surface area contributed by atoms with Crippen LogP contribution in [0.4, 0.5) is 5.69 Å². The number of para-hydroxylation sites is 1. The van der Waals surface area contributed by atoms with Crippen LogP contribution in [0, 0.1) is 13.8 Å². The molecule has 0 spiro atoms. The molecule has 0 atom stereocenters. The first-order valence-electron chi connectivity index (χ1n) is 9.61. The lowest BCUT2D eigenvalue weighted by molar-refractivity contribution is 0.392. The van der Waals surface area contributed by atoms with Crippen LogP contribution in [0.1, 0.15) is 22.6 Å². The number of fused-ring (bicyclic) bond motifs is 2. The largest absolute Gasteiger partial charge is 0.506 e. The van der Waals surface area contributed by atoms with E-state index in [4.69, 9.17) is 4.52 Å². The number of anilines is 1. The van der Waals surface area contributed by atoms with Crippen molar-refractivity contribution >= 4 is 32.6 Å². The number of sulfonamides is 1.